The van der Waals surface area contributed by atoms with Gasteiger partial charge in [-0.1, -0.05) is 30.3 Å². The number of rotatable bonds is 7. The Kier molecular flexibility index (Phi) is 5.96. The minimum absolute atomic E-state index is 0.0396. The Labute approximate surface area is 209 Å². The Bertz CT molecular complexity index is 1350. The highest BCUT2D eigenvalue weighted by Crippen LogP contribution is 2.38. The number of nitrogens with one attached hydrogen (secondary N) is 1. The van der Waals surface area contributed by atoms with Gasteiger partial charge in [0.1, 0.15) is 5.75 Å². The van der Waals surface area contributed by atoms with E-state index in [-0.39, 0.29) is 12.5 Å². The Morgan fingerprint density at radius 1 is 1.03 bits per heavy atom. The van der Waals surface area contributed by atoms with Gasteiger partial charge in [-0.05, 0) is 61.7 Å². The lowest BCUT2D eigenvalue weighted by Crippen LogP contribution is -2.54. The summed E-state index contributed by atoms with van der Waals surface area (Å²) >= 11 is 0. The number of amides is 4. The molecule has 1 atom stereocenters. The van der Waals surface area contributed by atoms with E-state index in [1.54, 1.807) is 17.2 Å². The van der Waals surface area contributed by atoms with Gasteiger partial charge in [0.2, 0.25) is 0 Å². The van der Waals surface area contributed by atoms with Crippen LogP contribution >= 0.6 is 0 Å². The number of benzene rings is 2. The normalized spacial score (nSPS) is 19.0. The van der Waals surface area contributed by atoms with Crippen LogP contribution in [0.2, 0.25) is 0 Å². The fourth-order valence-electron chi connectivity index (χ4n) is 5.12. The molecule has 1 fully saturated rings. The van der Waals surface area contributed by atoms with Crippen LogP contribution < -0.4 is 10.1 Å². The molecule has 1 unspecified atom stereocenters. The van der Waals surface area contributed by atoms with E-state index in [0.29, 0.717) is 36.6 Å². The molecule has 2 aliphatic heterocycles. The minimum atomic E-state index is -1.34. The van der Waals surface area contributed by atoms with Gasteiger partial charge in [-0.25, -0.2) is 4.79 Å². The third-order valence-corrected chi connectivity index (χ3v) is 6.88. The van der Waals surface area contributed by atoms with E-state index in [2.05, 4.69) is 10.3 Å². The summed E-state index contributed by atoms with van der Waals surface area (Å²) in [7, 11) is 0. The van der Waals surface area contributed by atoms with Crippen molar-refractivity contribution in [3.63, 3.8) is 0 Å². The van der Waals surface area contributed by atoms with Crippen molar-refractivity contribution in [1.29, 1.82) is 0 Å². The van der Waals surface area contributed by atoms with Crippen molar-refractivity contribution in [1.82, 2.24) is 20.1 Å². The molecule has 184 valence electrons. The molecule has 1 aromatic heterocycles. The second-order valence-electron chi connectivity index (χ2n) is 9.07. The zero-order chi connectivity index (χ0) is 25.4. The monoisotopic (exact) mass is 484 g/mol. The molecule has 8 heteroatoms. The van der Waals surface area contributed by atoms with Crippen molar-refractivity contribution in [3.05, 3.63) is 83.0 Å². The van der Waals surface area contributed by atoms with Gasteiger partial charge in [-0.3, -0.25) is 19.9 Å². The minimum Gasteiger partial charge on any atom is -0.494 e. The van der Waals surface area contributed by atoms with Gasteiger partial charge in [0, 0.05) is 30.4 Å². The summed E-state index contributed by atoms with van der Waals surface area (Å²) in [5.41, 5.74) is 3.55. The maximum atomic E-state index is 13.4. The fraction of sp³-hybridized carbons (Fsp3) is 0.286. The fourth-order valence-corrected chi connectivity index (χ4v) is 5.12. The van der Waals surface area contributed by atoms with Crippen molar-refractivity contribution in [2.24, 2.45) is 0 Å². The zero-order valence-corrected chi connectivity index (χ0v) is 20.6. The highest BCUT2D eigenvalue weighted by molar-refractivity contribution is 6.08. The molecule has 2 aromatic carbocycles. The lowest BCUT2D eigenvalue weighted by molar-refractivity contribution is -0.127. The van der Waals surface area contributed by atoms with Crippen molar-refractivity contribution >= 4 is 17.8 Å². The molecule has 0 saturated carbocycles. The second-order valence-corrected chi connectivity index (χ2v) is 9.07. The number of ether oxygens (including phenoxy) is 1. The summed E-state index contributed by atoms with van der Waals surface area (Å²) in [5, 5.41) is 2.47. The lowest BCUT2D eigenvalue weighted by Gasteiger charge is -2.38. The molecule has 0 bridgehead atoms. The largest absolute Gasteiger partial charge is 0.494 e. The molecule has 4 amide bonds. The Morgan fingerprint density at radius 2 is 1.81 bits per heavy atom. The van der Waals surface area contributed by atoms with Crippen LogP contribution in [0.25, 0.3) is 11.3 Å². The summed E-state index contributed by atoms with van der Waals surface area (Å²) in [4.78, 5) is 47.2. The van der Waals surface area contributed by atoms with E-state index in [9.17, 15) is 14.4 Å². The number of fused-ring (bicyclic) bond motifs is 1. The summed E-state index contributed by atoms with van der Waals surface area (Å²) in [5.74, 6) is 0.00901. The van der Waals surface area contributed by atoms with Gasteiger partial charge in [-0.15, -0.1) is 0 Å². The molecule has 0 spiro atoms. The number of nitrogens with zero attached hydrogens (tertiary/aromatic N) is 3. The van der Waals surface area contributed by atoms with Gasteiger partial charge in [-0.2, -0.15) is 0 Å². The van der Waals surface area contributed by atoms with Gasteiger partial charge in [0.05, 0.1) is 18.8 Å². The SMILES string of the molecule is CCOc1ccc2c(c1)C(=O)N(CC1(c3ccc(-c4cc(C)ccn4)cc3)C(=O)NC(=O)N1CC)C2. The molecule has 2 aliphatic rings. The van der Waals surface area contributed by atoms with Crippen LogP contribution in [0.1, 0.15) is 40.9 Å². The lowest BCUT2D eigenvalue weighted by atomic mass is 9.86. The quantitative estimate of drug-likeness (QED) is 0.514. The molecule has 1 N–H and O–H groups in total. The van der Waals surface area contributed by atoms with Crippen molar-refractivity contribution in [2.45, 2.75) is 32.9 Å². The number of imide groups is 1. The molecule has 5 rings (SSSR count). The highest BCUT2D eigenvalue weighted by atomic mass is 16.5. The molecular formula is C28H28N4O4. The summed E-state index contributed by atoms with van der Waals surface area (Å²) in [6.07, 6.45) is 1.76. The molecule has 3 heterocycles. The number of hydrogen-bond donors (Lipinski definition) is 1. The van der Waals surface area contributed by atoms with E-state index in [1.165, 1.54) is 4.90 Å². The molecule has 1 saturated heterocycles. The summed E-state index contributed by atoms with van der Waals surface area (Å²) in [6, 6.07) is 16.4. The average Bonchev–Trinajstić information content (AvgIpc) is 3.31. The number of carbonyl (C=O) groups is 3. The topological polar surface area (TPSA) is 91.8 Å². The first kappa shape index (κ1) is 23.5. The summed E-state index contributed by atoms with van der Waals surface area (Å²) in [6.45, 7) is 6.92. The van der Waals surface area contributed by atoms with Gasteiger partial charge in [0.15, 0.2) is 5.54 Å². The predicted molar refractivity (Wildman–Crippen MR) is 134 cm³/mol. The second kappa shape index (κ2) is 9.11. The number of urea groups is 1. The van der Waals surface area contributed by atoms with Crippen LogP contribution in [-0.2, 0) is 16.9 Å². The molecule has 8 nitrogen and oxygen atoms in total. The van der Waals surface area contributed by atoms with Crippen LogP contribution in [0.15, 0.2) is 60.8 Å². The van der Waals surface area contributed by atoms with Gasteiger partial charge in [0.25, 0.3) is 11.8 Å². The molecule has 0 radical (unpaired) electrons. The molecule has 0 aliphatic carbocycles. The van der Waals surface area contributed by atoms with E-state index in [4.69, 9.17) is 4.74 Å². The number of aromatic nitrogens is 1. The number of carbonyl (C=O) groups excluding carboxylic acids is 3. The van der Waals surface area contributed by atoms with Crippen LogP contribution in [0.4, 0.5) is 4.79 Å². The maximum Gasteiger partial charge on any atom is 0.325 e. The first-order chi connectivity index (χ1) is 17.4. The smallest absolute Gasteiger partial charge is 0.325 e. The van der Waals surface area contributed by atoms with E-state index in [1.807, 2.05) is 69.3 Å². The van der Waals surface area contributed by atoms with Gasteiger partial charge < -0.3 is 14.5 Å². The Morgan fingerprint density at radius 3 is 2.50 bits per heavy atom. The van der Waals surface area contributed by atoms with Crippen molar-refractivity contribution < 1.29 is 19.1 Å². The predicted octanol–water partition coefficient (Wildman–Crippen LogP) is 3.88. The van der Waals surface area contributed by atoms with Crippen molar-refractivity contribution in [2.75, 3.05) is 19.7 Å². The Balaban J connectivity index is 1.52. The average molecular weight is 485 g/mol. The first-order valence-electron chi connectivity index (χ1n) is 12.1. The van der Waals surface area contributed by atoms with Crippen LogP contribution in [-0.4, -0.2) is 52.3 Å². The Hall–Kier alpha value is -4.20. The number of hydrogen-bond acceptors (Lipinski definition) is 5. The van der Waals surface area contributed by atoms with Crippen molar-refractivity contribution in [3.8, 4) is 17.0 Å². The van der Waals surface area contributed by atoms with E-state index in [0.717, 1.165) is 22.4 Å². The van der Waals surface area contributed by atoms with Crippen LogP contribution in [0.3, 0.4) is 0 Å². The van der Waals surface area contributed by atoms with Crippen LogP contribution in [0.5, 0.6) is 5.75 Å². The standard InChI is InChI=1S/C28H28N4O4/c1-4-32-27(35)30-26(34)28(32,21-9-6-19(7-10-21)24-14-18(3)12-13-29-24)17-31-16-20-8-11-22(36-5-2)15-23(20)25(31)33/h6-15H,4-5,16-17H2,1-3H3,(H,30,34,35). The molecule has 36 heavy (non-hydrogen) atoms. The first-order valence-corrected chi connectivity index (χ1v) is 12.1. The maximum absolute atomic E-state index is 13.4. The highest BCUT2D eigenvalue weighted by Gasteiger charge is 2.55. The van der Waals surface area contributed by atoms with Gasteiger partial charge >= 0.3 is 6.03 Å². The van der Waals surface area contributed by atoms with E-state index < -0.39 is 17.5 Å². The van der Waals surface area contributed by atoms with E-state index >= 15 is 0 Å². The molecular weight excluding hydrogens is 456 g/mol. The molecule has 3 aromatic rings. The zero-order valence-electron chi connectivity index (χ0n) is 20.6. The third-order valence-electron chi connectivity index (χ3n) is 6.88. The third kappa shape index (κ3) is 3.79. The number of pyridine rings is 1. The number of likely N-dealkylation sites (N-methyl/N-ethyl adjacent to an activating group) is 1. The number of aryl methyl sites for hydroxylation is 1. The summed E-state index contributed by atoms with van der Waals surface area (Å²) < 4.78 is 5.57. The van der Waals surface area contributed by atoms with Crippen LogP contribution in [0, 0.1) is 6.92 Å².